The van der Waals surface area contributed by atoms with Gasteiger partial charge in [-0.25, -0.2) is 0 Å². The normalized spacial score (nSPS) is 14.8. The Balaban J connectivity index is 1.59. The highest BCUT2D eigenvalue weighted by molar-refractivity contribution is 5.85. The number of morpholine rings is 1. The molecule has 1 aromatic carbocycles. The van der Waals surface area contributed by atoms with Crippen molar-refractivity contribution in [3.8, 4) is 11.3 Å². The van der Waals surface area contributed by atoms with E-state index in [-0.39, 0.29) is 12.3 Å². The SMILES string of the molecule is Cn1cc(-c2ccc3nnc(CC(=O)N4CCOCC4)cc3c2)nn1. The van der Waals surface area contributed by atoms with Crippen molar-refractivity contribution < 1.29 is 9.53 Å². The topological polar surface area (TPSA) is 86.0 Å². The van der Waals surface area contributed by atoms with Gasteiger partial charge in [-0.2, -0.15) is 10.2 Å². The molecule has 2 aromatic heterocycles. The lowest BCUT2D eigenvalue weighted by atomic mass is 10.1. The molecule has 0 saturated carbocycles. The van der Waals surface area contributed by atoms with Crippen molar-refractivity contribution in [2.24, 2.45) is 7.05 Å². The van der Waals surface area contributed by atoms with E-state index >= 15 is 0 Å². The first-order chi connectivity index (χ1) is 12.2. The number of carbonyl (C=O) groups excluding carboxylic acids is 1. The fourth-order valence-electron chi connectivity index (χ4n) is 2.89. The van der Waals surface area contributed by atoms with Crippen molar-refractivity contribution in [1.82, 2.24) is 30.1 Å². The minimum Gasteiger partial charge on any atom is -0.378 e. The first kappa shape index (κ1) is 15.6. The quantitative estimate of drug-likeness (QED) is 0.703. The summed E-state index contributed by atoms with van der Waals surface area (Å²) >= 11 is 0. The number of fused-ring (bicyclic) bond motifs is 1. The van der Waals surface area contributed by atoms with Crippen LogP contribution in [0, 0.1) is 0 Å². The lowest BCUT2D eigenvalue weighted by Crippen LogP contribution is -2.41. The molecule has 0 radical (unpaired) electrons. The predicted octanol–water partition coefficient (Wildman–Crippen LogP) is 0.827. The van der Waals surface area contributed by atoms with Gasteiger partial charge in [0.25, 0.3) is 0 Å². The van der Waals surface area contributed by atoms with Gasteiger partial charge in [-0.3, -0.25) is 9.48 Å². The van der Waals surface area contributed by atoms with Crippen molar-refractivity contribution in [3.63, 3.8) is 0 Å². The third kappa shape index (κ3) is 3.34. The maximum Gasteiger partial charge on any atom is 0.228 e. The lowest BCUT2D eigenvalue weighted by molar-refractivity contribution is -0.134. The molecule has 1 aliphatic heterocycles. The van der Waals surface area contributed by atoms with Gasteiger partial charge in [0.1, 0.15) is 5.69 Å². The molecule has 0 N–H and O–H groups in total. The fraction of sp³-hybridized carbons (Fsp3) is 0.353. The van der Waals surface area contributed by atoms with Gasteiger partial charge in [-0.05, 0) is 18.2 Å². The number of rotatable bonds is 3. The second-order valence-corrected chi connectivity index (χ2v) is 6.06. The van der Waals surface area contributed by atoms with Crippen molar-refractivity contribution in [2.75, 3.05) is 26.3 Å². The van der Waals surface area contributed by atoms with Gasteiger partial charge < -0.3 is 9.64 Å². The number of nitrogens with zero attached hydrogens (tertiary/aromatic N) is 6. The Labute approximate surface area is 144 Å². The summed E-state index contributed by atoms with van der Waals surface area (Å²) < 4.78 is 6.94. The number of amides is 1. The average molecular weight is 338 g/mol. The van der Waals surface area contributed by atoms with Crippen LogP contribution in [-0.4, -0.2) is 62.3 Å². The standard InChI is InChI=1S/C17H18N6O2/c1-22-11-16(20-21-22)12-2-3-15-13(8-12)9-14(18-19-15)10-17(24)23-4-6-25-7-5-23/h2-3,8-9,11H,4-7,10H2,1H3. The number of aryl methyl sites for hydroxylation is 1. The van der Waals surface area contributed by atoms with E-state index in [1.54, 1.807) is 4.68 Å². The highest BCUT2D eigenvalue weighted by Crippen LogP contribution is 2.22. The van der Waals surface area contributed by atoms with Crippen molar-refractivity contribution in [1.29, 1.82) is 0 Å². The van der Waals surface area contributed by atoms with E-state index in [4.69, 9.17) is 4.74 Å². The summed E-state index contributed by atoms with van der Waals surface area (Å²) in [6, 6.07) is 7.76. The van der Waals surface area contributed by atoms with E-state index in [1.165, 1.54) is 0 Å². The van der Waals surface area contributed by atoms with E-state index in [2.05, 4.69) is 20.5 Å². The van der Waals surface area contributed by atoms with Crippen LogP contribution in [0.5, 0.6) is 0 Å². The van der Waals surface area contributed by atoms with E-state index < -0.39 is 0 Å². The van der Waals surface area contributed by atoms with Crippen LogP contribution in [0.4, 0.5) is 0 Å². The minimum atomic E-state index is 0.0574. The molecule has 1 aliphatic rings. The molecule has 0 atom stereocenters. The van der Waals surface area contributed by atoms with Crippen molar-refractivity contribution in [2.45, 2.75) is 6.42 Å². The second-order valence-electron chi connectivity index (χ2n) is 6.06. The molecule has 0 spiro atoms. The predicted molar refractivity (Wildman–Crippen MR) is 90.6 cm³/mol. The summed E-state index contributed by atoms with van der Waals surface area (Å²) in [5.41, 5.74) is 3.21. The summed E-state index contributed by atoms with van der Waals surface area (Å²) in [5, 5.41) is 17.4. The molecular formula is C17H18N6O2. The van der Waals surface area contributed by atoms with Crippen LogP contribution < -0.4 is 0 Å². The molecule has 1 saturated heterocycles. The molecule has 4 rings (SSSR count). The summed E-state index contributed by atoms with van der Waals surface area (Å²) in [6.07, 6.45) is 2.11. The van der Waals surface area contributed by atoms with Crippen LogP contribution in [0.3, 0.4) is 0 Å². The van der Waals surface area contributed by atoms with Crippen LogP contribution in [0.2, 0.25) is 0 Å². The molecular weight excluding hydrogens is 320 g/mol. The number of hydrogen-bond donors (Lipinski definition) is 0. The Morgan fingerprint density at radius 2 is 2.00 bits per heavy atom. The van der Waals surface area contributed by atoms with E-state index in [9.17, 15) is 4.79 Å². The first-order valence-electron chi connectivity index (χ1n) is 8.17. The Morgan fingerprint density at radius 1 is 1.16 bits per heavy atom. The molecule has 25 heavy (non-hydrogen) atoms. The summed E-state index contributed by atoms with van der Waals surface area (Å²) in [5.74, 6) is 0.0574. The van der Waals surface area contributed by atoms with Gasteiger partial charge in [-0.15, -0.1) is 5.10 Å². The molecule has 3 aromatic rings. The highest BCUT2D eigenvalue weighted by Gasteiger charge is 2.18. The Hall–Kier alpha value is -2.87. The molecule has 8 heteroatoms. The molecule has 0 aliphatic carbocycles. The van der Waals surface area contributed by atoms with Gasteiger partial charge in [0.2, 0.25) is 5.91 Å². The molecule has 3 heterocycles. The largest absolute Gasteiger partial charge is 0.378 e. The van der Waals surface area contributed by atoms with E-state index in [0.717, 1.165) is 22.2 Å². The van der Waals surface area contributed by atoms with Crippen LogP contribution >= 0.6 is 0 Å². The number of benzene rings is 1. The minimum absolute atomic E-state index is 0.0574. The summed E-state index contributed by atoms with van der Waals surface area (Å²) in [7, 11) is 1.83. The lowest BCUT2D eigenvalue weighted by Gasteiger charge is -2.26. The molecule has 1 fully saturated rings. The van der Waals surface area contributed by atoms with Crippen LogP contribution in [0.25, 0.3) is 22.2 Å². The smallest absolute Gasteiger partial charge is 0.228 e. The van der Waals surface area contributed by atoms with Gasteiger partial charge in [0, 0.05) is 31.1 Å². The van der Waals surface area contributed by atoms with Gasteiger partial charge in [0.15, 0.2) is 0 Å². The van der Waals surface area contributed by atoms with Crippen molar-refractivity contribution >= 4 is 16.8 Å². The Morgan fingerprint density at radius 3 is 2.76 bits per heavy atom. The summed E-state index contributed by atoms with van der Waals surface area (Å²) in [4.78, 5) is 14.2. The zero-order valence-electron chi connectivity index (χ0n) is 13.9. The number of aromatic nitrogens is 5. The maximum atomic E-state index is 12.4. The molecule has 0 bridgehead atoms. The maximum absolute atomic E-state index is 12.4. The third-order valence-electron chi connectivity index (χ3n) is 4.23. The second kappa shape index (κ2) is 6.56. The zero-order chi connectivity index (χ0) is 17.2. The van der Waals surface area contributed by atoms with Gasteiger partial charge in [-0.1, -0.05) is 11.3 Å². The zero-order valence-corrected chi connectivity index (χ0v) is 13.9. The van der Waals surface area contributed by atoms with E-state index in [1.807, 2.05) is 42.4 Å². The third-order valence-corrected chi connectivity index (χ3v) is 4.23. The molecule has 128 valence electrons. The highest BCUT2D eigenvalue weighted by atomic mass is 16.5. The monoisotopic (exact) mass is 338 g/mol. The van der Waals surface area contributed by atoms with Gasteiger partial charge in [0.05, 0.1) is 37.0 Å². The van der Waals surface area contributed by atoms with Crippen LogP contribution in [0.15, 0.2) is 30.5 Å². The van der Waals surface area contributed by atoms with Gasteiger partial charge >= 0.3 is 0 Å². The average Bonchev–Trinajstić information content (AvgIpc) is 3.08. The Bertz CT molecular complexity index is 916. The molecule has 1 amide bonds. The van der Waals surface area contributed by atoms with Crippen LogP contribution in [0.1, 0.15) is 5.69 Å². The van der Waals surface area contributed by atoms with E-state index in [0.29, 0.717) is 32.0 Å². The molecule has 8 nitrogen and oxygen atoms in total. The number of ether oxygens (including phenoxy) is 1. The van der Waals surface area contributed by atoms with Crippen LogP contribution in [-0.2, 0) is 23.0 Å². The number of carbonyl (C=O) groups is 1. The Kier molecular flexibility index (Phi) is 4.10. The van der Waals surface area contributed by atoms with Crippen molar-refractivity contribution in [3.05, 3.63) is 36.2 Å². The summed E-state index contributed by atoms with van der Waals surface area (Å²) in [6.45, 7) is 2.46. The fourth-order valence-corrected chi connectivity index (χ4v) is 2.89. The number of hydrogen-bond acceptors (Lipinski definition) is 6. The molecule has 0 unspecified atom stereocenters. The first-order valence-corrected chi connectivity index (χ1v) is 8.17.